The lowest BCUT2D eigenvalue weighted by Crippen LogP contribution is -2.60. The Morgan fingerprint density at radius 1 is 0.581 bits per heavy atom. The van der Waals surface area contributed by atoms with Crippen LogP contribution in [0.5, 0.6) is 0 Å². The molecule has 11 heteroatoms. The first-order chi connectivity index (χ1) is 30.2. The first kappa shape index (κ1) is 58.4. The number of unbranched alkanes of at least 4 members (excludes halogenated alkanes) is 30. The fraction of sp³-hybridized carbons (Fsp3) is 0.922. The summed E-state index contributed by atoms with van der Waals surface area (Å²) in [4.78, 5) is 25.0. The summed E-state index contributed by atoms with van der Waals surface area (Å²) in [6.45, 7) is 4.25. The lowest BCUT2D eigenvalue weighted by Gasteiger charge is -2.40. The van der Waals surface area contributed by atoms with Gasteiger partial charge >= 0.3 is 5.97 Å². The second-order valence-corrected chi connectivity index (χ2v) is 18.2. The smallest absolute Gasteiger partial charge is 0.305 e. The highest BCUT2D eigenvalue weighted by Gasteiger charge is 2.44. The van der Waals surface area contributed by atoms with Gasteiger partial charge in [0.15, 0.2) is 6.29 Å². The maximum absolute atomic E-state index is 12.9. The Balaban J connectivity index is 2.13. The zero-order valence-corrected chi connectivity index (χ0v) is 39.8. The van der Waals surface area contributed by atoms with Crippen LogP contribution in [-0.2, 0) is 23.8 Å². The lowest BCUT2D eigenvalue weighted by atomic mass is 9.99. The molecule has 0 aromatic rings. The van der Waals surface area contributed by atoms with Crippen LogP contribution in [0.2, 0.25) is 0 Å². The summed E-state index contributed by atoms with van der Waals surface area (Å²) in [7, 11) is 0. The third-order valence-corrected chi connectivity index (χ3v) is 12.4. The molecule has 1 aliphatic heterocycles. The number of rotatable bonds is 44. The fourth-order valence-corrected chi connectivity index (χ4v) is 8.20. The van der Waals surface area contributed by atoms with E-state index in [1.807, 2.05) is 6.08 Å². The molecule has 0 aromatic heterocycles. The second kappa shape index (κ2) is 42.1. The number of ether oxygens (including phenoxy) is 3. The van der Waals surface area contributed by atoms with Crippen LogP contribution < -0.4 is 5.32 Å². The van der Waals surface area contributed by atoms with E-state index in [0.717, 1.165) is 70.6 Å². The van der Waals surface area contributed by atoms with Crippen molar-refractivity contribution in [3.05, 3.63) is 12.2 Å². The number of carbonyl (C=O) groups is 2. The van der Waals surface area contributed by atoms with Crippen LogP contribution in [-0.4, -0.2) is 100 Å². The van der Waals surface area contributed by atoms with Gasteiger partial charge < -0.3 is 45.1 Å². The summed E-state index contributed by atoms with van der Waals surface area (Å²) in [6.07, 6.45) is 35.8. The average Bonchev–Trinajstić information content (AvgIpc) is 3.27. The first-order valence-corrected chi connectivity index (χ1v) is 26.0. The van der Waals surface area contributed by atoms with E-state index in [0.29, 0.717) is 19.4 Å². The van der Waals surface area contributed by atoms with Crippen molar-refractivity contribution in [3.63, 3.8) is 0 Å². The van der Waals surface area contributed by atoms with Gasteiger partial charge in [-0.2, -0.15) is 0 Å². The molecule has 1 amide bonds. The van der Waals surface area contributed by atoms with E-state index in [4.69, 9.17) is 14.2 Å². The predicted octanol–water partition coefficient (Wildman–Crippen LogP) is 10.4. The Labute approximate surface area is 378 Å². The zero-order valence-electron chi connectivity index (χ0n) is 39.8. The van der Waals surface area contributed by atoms with E-state index in [-0.39, 0.29) is 18.5 Å². The molecule has 11 nitrogen and oxygen atoms in total. The zero-order chi connectivity index (χ0) is 45.3. The van der Waals surface area contributed by atoms with Crippen molar-refractivity contribution in [1.82, 2.24) is 5.32 Å². The van der Waals surface area contributed by atoms with E-state index >= 15 is 0 Å². The number of allylic oxidation sites excluding steroid dienone is 1. The number of amides is 1. The Morgan fingerprint density at radius 2 is 1.02 bits per heavy atom. The lowest BCUT2D eigenvalue weighted by molar-refractivity contribution is -0.302. The van der Waals surface area contributed by atoms with E-state index in [1.54, 1.807) is 6.08 Å². The largest absolute Gasteiger partial charge is 0.466 e. The first-order valence-electron chi connectivity index (χ1n) is 26.0. The van der Waals surface area contributed by atoms with Gasteiger partial charge in [-0.15, -0.1) is 0 Å². The van der Waals surface area contributed by atoms with Gasteiger partial charge in [0.1, 0.15) is 24.4 Å². The molecule has 6 N–H and O–H groups in total. The van der Waals surface area contributed by atoms with Gasteiger partial charge in [0.25, 0.3) is 0 Å². The standard InChI is InChI=1S/C51H97NO10/c1-3-5-7-9-11-13-14-15-19-23-27-31-35-39-47(56)60-40-36-32-28-24-20-17-16-18-22-26-30-34-38-46(55)52-43(44(54)37-33-29-25-21-12-10-8-6-4-2)42-61-51-50(59)49(58)48(57)45(41-53)62-51/h33,37,43-45,48-51,53-54,57-59H,3-32,34-36,38-42H2,1-2H3,(H,52,55)/b37-33+. The molecule has 1 fully saturated rings. The summed E-state index contributed by atoms with van der Waals surface area (Å²) >= 11 is 0. The van der Waals surface area contributed by atoms with Crippen LogP contribution in [0, 0.1) is 0 Å². The van der Waals surface area contributed by atoms with Gasteiger partial charge in [-0.25, -0.2) is 0 Å². The van der Waals surface area contributed by atoms with Gasteiger partial charge in [-0.1, -0.05) is 206 Å². The Hall–Kier alpha value is -1.60. The summed E-state index contributed by atoms with van der Waals surface area (Å²) in [5.74, 6) is -0.231. The van der Waals surface area contributed by atoms with Gasteiger partial charge in [-0.3, -0.25) is 9.59 Å². The van der Waals surface area contributed by atoms with Crippen LogP contribution in [0.3, 0.4) is 0 Å². The minimum atomic E-state index is -1.57. The molecule has 1 saturated heterocycles. The van der Waals surface area contributed by atoms with Crippen molar-refractivity contribution >= 4 is 11.9 Å². The Kier molecular flexibility index (Phi) is 39.6. The van der Waals surface area contributed by atoms with Crippen LogP contribution in [0.1, 0.15) is 239 Å². The highest BCUT2D eigenvalue weighted by molar-refractivity contribution is 5.76. The molecular formula is C51H97NO10. The summed E-state index contributed by atoms with van der Waals surface area (Å²) in [5.41, 5.74) is 0. The number of aliphatic hydroxyl groups excluding tert-OH is 5. The number of aliphatic hydroxyl groups is 5. The highest BCUT2D eigenvalue weighted by atomic mass is 16.7. The molecule has 7 unspecified atom stereocenters. The van der Waals surface area contributed by atoms with Crippen LogP contribution in [0.15, 0.2) is 12.2 Å². The molecule has 366 valence electrons. The van der Waals surface area contributed by atoms with E-state index in [9.17, 15) is 35.1 Å². The van der Waals surface area contributed by atoms with Crippen molar-refractivity contribution in [1.29, 1.82) is 0 Å². The normalized spacial score (nSPS) is 20.1. The molecule has 1 aliphatic rings. The summed E-state index contributed by atoms with van der Waals surface area (Å²) in [5, 5.41) is 54.1. The van der Waals surface area contributed by atoms with Crippen LogP contribution in [0.25, 0.3) is 0 Å². The number of hydrogen-bond donors (Lipinski definition) is 6. The minimum Gasteiger partial charge on any atom is -0.466 e. The number of nitrogens with one attached hydrogen (secondary N) is 1. The monoisotopic (exact) mass is 884 g/mol. The molecule has 62 heavy (non-hydrogen) atoms. The van der Waals surface area contributed by atoms with E-state index in [2.05, 4.69) is 19.2 Å². The third-order valence-electron chi connectivity index (χ3n) is 12.4. The Morgan fingerprint density at radius 3 is 1.50 bits per heavy atom. The molecular weight excluding hydrogens is 787 g/mol. The van der Waals surface area contributed by atoms with Crippen molar-refractivity contribution in [2.45, 2.75) is 281 Å². The van der Waals surface area contributed by atoms with Crippen molar-refractivity contribution < 1.29 is 49.3 Å². The molecule has 0 bridgehead atoms. The molecule has 0 spiro atoms. The van der Waals surface area contributed by atoms with Gasteiger partial charge in [-0.05, 0) is 32.1 Å². The molecule has 0 aliphatic carbocycles. The highest BCUT2D eigenvalue weighted by Crippen LogP contribution is 2.23. The van der Waals surface area contributed by atoms with Crippen molar-refractivity contribution in [3.8, 4) is 0 Å². The maximum Gasteiger partial charge on any atom is 0.305 e. The quantitative estimate of drug-likeness (QED) is 0.0196. The topological polar surface area (TPSA) is 175 Å². The molecule has 0 radical (unpaired) electrons. The molecule has 0 aromatic carbocycles. The maximum atomic E-state index is 12.9. The molecule has 1 rings (SSSR count). The number of carbonyl (C=O) groups excluding carboxylic acids is 2. The van der Waals surface area contributed by atoms with Gasteiger partial charge in [0, 0.05) is 12.8 Å². The van der Waals surface area contributed by atoms with Gasteiger partial charge in [0.05, 0.1) is 32.0 Å². The van der Waals surface area contributed by atoms with Crippen molar-refractivity contribution in [2.24, 2.45) is 0 Å². The van der Waals surface area contributed by atoms with Crippen molar-refractivity contribution in [2.75, 3.05) is 19.8 Å². The molecule has 7 atom stereocenters. The number of esters is 1. The minimum absolute atomic E-state index is 0.0320. The van der Waals surface area contributed by atoms with E-state index in [1.165, 1.54) is 141 Å². The second-order valence-electron chi connectivity index (χ2n) is 18.2. The molecule has 0 saturated carbocycles. The van der Waals surface area contributed by atoms with Crippen LogP contribution >= 0.6 is 0 Å². The van der Waals surface area contributed by atoms with Gasteiger partial charge in [0.2, 0.25) is 5.91 Å². The fourth-order valence-electron chi connectivity index (χ4n) is 8.20. The Bertz CT molecular complexity index is 1040. The SMILES string of the molecule is CCCCCCCCC/C=C/C(O)C(COC1OC(CO)C(O)C(O)C1O)NC(=O)CCCCCCCCCCCCCCOC(=O)CCCCCCCCCCCCCCC. The predicted molar refractivity (Wildman–Crippen MR) is 251 cm³/mol. The summed E-state index contributed by atoms with van der Waals surface area (Å²) < 4.78 is 16.6. The molecule has 1 heterocycles. The van der Waals surface area contributed by atoms with Crippen LogP contribution in [0.4, 0.5) is 0 Å². The number of hydrogen-bond acceptors (Lipinski definition) is 10. The summed E-state index contributed by atoms with van der Waals surface area (Å²) in [6, 6.07) is -0.818. The van der Waals surface area contributed by atoms with E-state index < -0.39 is 49.5 Å². The average molecular weight is 884 g/mol. The third kappa shape index (κ3) is 32.1.